The molecule has 18 heavy (non-hydrogen) atoms. The molecule has 1 unspecified atom stereocenters. The molecule has 0 aromatic carbocycles. The van der Waals surface area contributed by atoms with Crippen molar-refractivity contribution in [3.63, 3.8) is 0 Å². The van der Waals surface area contributed by atoms with Gasteiger partial charge in [-0.2, -0.15) is 4.89 Å². The van der Waals surface area contributed by atoms with Crippen LogP contribution >= 0.6 is 0 Å². The van der Waals surface area contributed by atoms with E-state index in [2.05, 4.69) is 26.4 Å². The van der Waals surface area contributed by atoms with E-state index in [9.17, 15) is 14.4 Å². The summed E-state index contributed by atoms with van der Waals surface area (Å²) in [6.45, 7) is 5.68. The predicted molar refractivity (Wildman–Crippen MR) is 59.6 cm³/mol. The Morgan fingerprint density at radius 2 is 1.89 bits per heavy atom. The second-order valence-corrected chi connectivity index (χ2v) is 3.32. The molecule has 0 heterocycles. The standard InChI is InChI=1S/C10H16N2O6/c1-6(2)9(14)18-17-5-4-16-10(15)8(11)12-7(3)13/h8H,1,4-5,11H2,2-3H3,(H,12,13). The summed E-state index contributed by atoms with van der Waals surface area (Å²) in [5.74, 6) is -1.98. The lowest BCUT2D eigenvalue weighted by atomic mass is 10.4. The van der Waals surface area contributed by atoms with Crippen molar-refractivity contribution < 1.29 is 28.9 Å². The number of amides is 1. The van der Waals surface area contributed by atoms with Gasteiger partial charge >= 0.3 is 11.9 Å². The van der Waals surface area contributed by atoms with Crippen molar-refractivity contribution in [2.75, 3.05) is 13.2 Å². The fraction of sp³-hybridized carbons (Fsp3) is 0.500. The van der Waals surface area contributed by atoms with E-state index in [0.29, 0.717) is 0 Å². The molecule has 0 rings (SSSR count). The largest absolute Gasteiger partial charge is 0.461 e. The summed E-state index contributed by atoms with van der Waals surface area (Å²) in [4.78, 5) is 41.3. The van der Waals surface area contributed by atoms with E-state index >= 15 is 0 Å². The van der Waals surface area contributed by atoms with Gasteiger partial charge < -0.3 is 15.8 Å². The second-order valence-electron chi connectivity index (χ2n) is 3.32. The number of rotatable bonds is 7. The molecule has 3 N–H and O–H groups in total. The number of ether oxygens (including phenoxy) is 1. The van der Waals surface area contributed by atoms with Gasteiger partial charge in [0.15, 0.2) is 6.17 Å². The minimum Gasteiger partial charge on any atom is -0.461 e. The van der Waals surface area contributed by atoms with Gasteiger partial charge in [0.1, 0.15) is 13.2 Å². The van der Waals surface area contributed by atoms with Gasteiger partial charge in [0, 0.05) is 12.5 Å². The van der Waals surface area contributed by atoms with E-state index in [1.807, 2.05) is 0 Å². The summed E-state index contributed by atoms with van der Waals surface area (Å²) >= 11 is 0. The van der Waals surface area contributed by atoms with E-state index in [1.165, 1.54) is 13.8 Å². The lowest BCUT2D eigenvalue weighted by Crippen LogP contribution is -2.47. The molecule has 8 heteroatoms. The zero-order valence-corrected chi connectivity index (χ0v) is 10.2. The Morgan fingerprint density at radius 1 is 1.28 bits per heavy atom. The van der Waals surface area contributed by atoms with E-state index < -0.39 is 24.0 Å². The second kappa shape index (κ2) is 8.20. The molecule has 102 valence electrons. The Bertz CT molecular complexity index is 341. The van der Waals surface area contributed by atoms with Gasteiger partial charge in [0.2, 0.25) is 5.91 Å². The van der Waals surface area contributed by atoms with Crippen LogP contribution in [0.4, 0.5) is 0 Å². The summed E-state index contributed by atoms with van der Waals surface area (Å²) < 4.78 is 4.63. The minimum atomic E-state index is -1.24. The van der Waals surface area contributed by atoms with Crippen LogP contribution < -0.4 is 11.1 Å². The van der Waals surface area contributed by atoms with Crippen LogP contribution in [0.2, 0.25) is 0 Å². The average Bonchev–Trinajstić information content (AvgIpc) is 2.26. The Kier molecular flexibility index (Phi) is 7.32. The summed E-state index contributed by atoms with van der Waals surface area (Å²) in [6.07, 6.45) is -1.24. The maximum Gasteiger partial charge on any atom is 0.368 e. The van der Waals surface area contributed by atoms with Gasteiger partial charge in [-0.05, 0) is 6.92 Å². The Balaban J connectivity index is 3.66. The molecule has 0 aliphatic heterocycles. The molecule has 0 bridgehead atoms. The molecular formula is C10H16N2O6. The Hall–Kier alpha value is -1.93. The van der Waals surface area contributed by atoms with Gasteiger partial charge in [-0.15, -0.1) is 0 Å². The summed E-state index contributed by atoms with van der Waals surface area (Å²) in [6, 6.07) is 0. The van der Waals surface area contributed by atoms with Crippen LogP contribution in [0.15, 0.2) is 12.2 Å². The molecule has 0 saturated heterocycles. The number of esters is 1. The van der Waals surface area contributed by atoms with Crippen molar-refractivity contribution in [3.05, 3.63) is 12.2 Å². The van der Waals surface area contributed by atoms with E-state index in [-0.39, 0.29) is 18.8 Å². The lowest BCUT2D eigenvalue weighted by Gasteiger charge is -2.11. The van der Waals surface area contributed by atoms with Crippen LogP contribution in [-0.4, -0.2) is 37.2 Å². The third kappa shape index (κ3) is 7.36. The highest BCUT2D eigenvalue weighted by atomic mass is 17.2. The molecule has 0 spiro atoms. The molecule has 0 radical (unpaired) electrons. The number of nitrogens with one attached hydrogen (secondary N) is 1. The van der Waals surface area contributed by atoms with Crippen LogP contribution in [0.1, 0.15) is 13.8 Å². The van der Waals surface area contributed by atoms with Gasteiger partial charge in [-0.1, -0.05) is 6.58 Å². The molecule has 0 aliphatic rings. The lowest BCUT2D eigenvalue weighted by molar-refractivity contribution is -0.271. The first kappa shape index (κ1) is 16.1. The topological polar surface area (TPSA) is 117 Å². The predicted octanol–water partition coefficient (Wildman–Crippen LogP) is -0.999. The highest BCUT2D eigenvalue weighted by Crippen LogP contribution is 1.93. The van der Waals surface area contributed by atoms with Crippen LogP contribution in [0.5, 0.6) is 0 Å². The summed E-state index contributed by atoms with van der Waals surface area (Å²) in [7, 11) is 0. The first-order chi connectivity index (χ1) is 8.34. The molecule has 0 aromatic heterocycles. The normalized spacial score (nSPS) is 11.3. The monoisotopic (exact) mass is 260 g/mol. The maximum absolute atomic E-state index is 11.1. The maximum atomic E-state index is 11.1. The fourth-order valence-electron chi connectivity index (χ4n) is 0.710. The Morgan fingerprint density at radius 3 is 2.39 bits per heavy atom. The van der Waals surface area contributed by atoms with Crippen molar-refractivity contribution in [2.45, 2.75) is 20.0 Å². The molecule has 0 saturated carbocycles. The van der Waals surface area contributed by atoms with Gasteiger partial charge in [0.05, 0.1) is 0 Å². The van der Waals surface area contributed by atoms with Crippen molar-refractivity contribution in [1.29, 1.82) is 0 Å². The molecule has 8 nitrogen and oxygen atoms in total. The van der Waals surface area contributed by atoms with Crippen LogP contribution in [0, 0.1) is 0 Å². The van der Waals surface area contributed by atoms with Crippen LogP contribution in [-0.2, 0) is 28.9 Å². The summed E-state index contributed by atoms with van der Waals surface area (Å²) in [5.41, 5.74) is 5.46. The van der Waals surface area contributed by atoms with Gasteiger partial charge in [-0.3, -0.25) is 9.68 Å². The number of carbonyl (C=O) groups is 3. The van der Waals surface area contributed by atoms with Gasteiger partial charge in [-0.25, -0.2) is 9.59 Å². The Labute approximate surface area is 104 Å². The number of carbonyl (C=O) groups excluding carboxylic acids is 3. The smallest absolute Gasteiger partial charge is 0.368 e. The van der Waals surface area contributed by atoms with Crippen LogP contribution in [0.25, 0.3) is 0 Å². The molecular weight excluding hydrogens is 244 g/mol. The molecule has 1 amide bonds. The molecule has 0 aromatic rings. The van der Waals surface area contributed by atoms with Crippen molar-refractivity contribution in [1.82, 2.24) is 5.32 Å². The van der Waals surface area contributed by atoms with Crippen molar-refractivity contribution in [2.24, 2.45) is 5.73 Å². The zero-order chi connectivity index (χ0) is 14.1. The van der Waals surface area contributed by atoms with E-state index in [1.54, 1.807) is 0 Å². The molecule has 0 aliphatic carbocycles. The first-order valence-corrected chi connectivity index (χ1v) is 5.03. The van der Waals surface area contributed by atoms with Crippen LogP contribution in [0.3, 0.4) is 0 Å². The highest BCUT2D eigenvalue weighted by Gasteiger charge is 2.15. The fourth-order valence-corrected chi connectivity index (χ4v) is 0.710. The molecule has 0 fully saturated rings. The first-order valence-electron chi connectivity index (χ1n) is 5.03. The van der Waals surface area contributed by atoms with E-state index in [4.69, 9.17) is 5.73 Å². The number of hydrogen-bond donors (Lipinski definition) is 2. The van der Waals surface area contributed by atoms with E-state index in [0.717, 1.165) is 0 Å². The highest BCUT2D eigenvalue weighted by molar-refractivity contribution is 5.86. The summed E-state index contributed by atoms with van der Waals surface area (Å²) in [5, 5.41) is 2.14. The zero-order valence-electron chi connectivity index (χ0n) is 10.2. The van der Waals surface area contributed by atoms with Crippen molar-refractivity contribution in [3.8, 4) is 0 Å². The van der Waals surface area contributed by atoms with Gasteiger partial charge in [0.25, 0.3) is 0 Å². The van der Waals surface area contributed by atoms with Crippen molar-refractivity contribution >= 4 is 17.8 Å². The SMILES string of the molecule is C=C(C)C(=O)OOCCOC(=O)C(N)NC(C)=O. The number of nitrogens with two attached hydrogens (primary N) is 1. The third-order valence-electron chi connectivity index (χ3n) is 1.51. The average molecular weight is 260 g/mol. The number of hydrogen-bond acceptors (Lipinski definition) is 7. The quantitative estimate of drug-likeness (QED) is 0.150. The third-order valence-corrected chi connectivity index (χ3v) is 1.51. The molecule has 1 atom stereocenters. The minimum absolute atomic E-state index is 0.155.